The number of nitrogens with zero attached hydrogens (tertiary/aromatic N) is 3. The SMILES string of the molecule is CCn1ncnc1CCNN. The molecule has 0 spiro atoms. The molecule has 62 valence electrons. The molecule has 1 heterocycles. The third-order valence-electron chi connectivity index (χ3n) is 1.49. The molecule has 5 heteroatoms. The standard InChI is InChI=1S/C6H13N5/c1-2-11-6(3-4-9-7)8-5-10-11/h5,9H,2-4,7H2,1H3. The van der Waals surface area contributed by atoms with E-state index < -0.39 is 0 Å². The first kappa shape index (κ1) is 8.16. The van der Waals surface area contributed by atoms with E-state index in [1.807, 2.05) is 11.6 Å². The Bertz CT molecular complexity index is 206. The summed E-state index contributed by atoms with van der Waals surface area (Å²) in [7, 11) is 0. The molecular formula is C6H13N5. The zero-order chi connectivity index (χ0) is 8.10. The summed E-state index contributed by atoms with van der Waals surface area (Å²) in [5.41, 5.74) is 2.58. The van der Waals surface area contributed by atoms with Gasteiger partial charge >= 0.3 is 0 Å². The van der Waals surface area contributed by atoms with Gasteiger partial charge in [0.2, 0.25) is 0 Å². The molecular weight excluding hydrogens is 142 g/mol. The van der Waals surface area contributed by atoms with E-state index in [4.69, 9.17) is 5.84 Å². The van der Waals surface area contributed by atoms with Crippen LogP contribution in [0, 0.1) is 0 Å². The first-order valence-electron chi connectivity index (χ1n) is 3.68. The maximum absolute atomic E-state index is 5.13. The Labute approximate surface area is 65.6 Å². The molecule has 0 aliphatic carbocycles. The van der Waals surface area contributed by atoms with Gasteiger partial charge in [0.1, 0.15) is 12.2 Å². The number of hydrogen-bond acceptors (Lipinski definition) is 4. The number of nitrogens with two attached hydrogens (primary N) is 1. The molecule has 1 aromatic heterocycles. The zero-order valence-corrected chi connectivity index (χ0v) is 6.62. The lowest BCUT2D eigenvalue weighted by Gasteiger charge is -2.00. The highest BCUT2D eigenvalue weighted by Crippen LogP contribution is 1.93. The summed E-state index contributed by atoms with van der Waals surface area (Å²) >= 11 is 0. The topological polar surface area (TPSA) is 68.8 Å². The Morgan fingerprint density at radius 2 is 2.55 bits per heavy atom. The Morgan fingerprint density at radius 1 is 1.73 bits per heavy atom. The van der Waals surface area contributed by atoms with Crippen molar-refractivity contribution < 1.29 is 0 Å². The average Bonchev–Trinajstić information content (AvgIpc) is 2.47. The van der Waals surface area contributed by atoms with Crippen molar-refractivity contribution in [3.63, 3.8) is 0 Å². The number of nitrogens with one attached hydrogen (secondary N) is 1. The van der Waals surface area contributed by atoms with Crippen LogP contribution in [0.15, 0.2) is 6.33 Å². The van der Waals surface area contributed by atoms with E-state index in [1.54, 1.807) is 6.33 Å². The van der Waals surface area contributed by atoms with Gasteiger partial charge in [-0.2, -0.15) is 5.10 Å². The van der Waals surface area contributed by atoms with Gasteiger partial charge in [-0.15, -0.1) is 0 Å². The van der Waals surface area contributed by atoms with Gasteiger partial charge < -0.3 is 0 Å². The smallest absolute Gasteiger partial charge is 0.138 e. The zero-order valence-electron chi connectivity index (χ0n) is 6.62. The first-order chi connectivity index (χ1) is 5.38. The second-order valence-electron chi connectivity index (χ2n) is 2.20. The third kappa shape index (κ3) is 1.99. The van der Waals surface area contributed by atoms with Crippen LogP contribution < -0.4 is 11.3 Å². The summed E-state index contributed by atoms with van der Waals surface area (Å²) in [6.07, 6.45) is 2.39. The van der Waals surface area contributed by atoms with Gasteiger partial charge in [-0.1, -0.05) is 0 Å². The highest BCUT2D eigenvalue weighted by molar-refractivity contribution is 4.84. The molecule has 0 aromatic carbocycles. The number of hydrogen-bond donors (Lipinski definition) is 2. The normalized spacial score (nSPS) is 10.4. The van der Waals surface area contributed by atoms with E-state index in [2.05, 4.69) is 15.5 Å². The van der Waals surface area contributed by atoms with E-state index in [-0.39, 0.29) is 0 Å². The van der Waals surface area contributed by atoms with E-state index in [0.717, 1.165) is 25.3 Å². The van der Waals surface area contributed by atoms with Crippen LogP contribution in [-0.4, -0.2) is 21.3 Å². The van der Waals surface area contributed by atoms with E-state index >= 15 is 0 Å². The molecule has 0 aliphatic heterocycles. The molecule has 1 rings (SSSR count). The van der Waals surface area contributed by atoms with Gasteiger partial charge in [-0.25, -0.2) is 4.98 Å². The highest BCUT2D eigenvalue weighted by atomic mass is 15.3. The molecule has 0 radical (unpaired) electrons. The summed E-state index contributed by atoms with van der Waals surface area (Å²) in [4.78, 5) is 4.08. The Morgan fingerprint density at radius 3 is 3.18 bits per heavy atom. The Kier molecular flexibility index (Phi) is 3.00. The fourth-order valence-corrected chi connectivity index (χ4v) is 0.930. The van der Waals surface area contributed by atoms with Crippen molar-refractivity contribution in [1.82, 2.24) is 20.2 Å². The molecule has 5 nitrogen and oxygen atoms in total. The van der Waals surface area contributed by atoms with E-state index in [1.165, 1.54) is 0 Å². The summed E-state index contributed by atoms with van der Waals surface area (Å²) in [5, 5.41) is 4.02. The Hall–Kier alpha value is -0.940. The molecule has 0 fully saturated rings. The molecule has 3 N–H and O–H groups in total. The van der Waals surface area contributed by atoms with Crippen molar-refractivity contribution in [2.45, 2.75) is 19.9 Å². The van der Waals surface area contributed by atoms with E-state index in [0.29, 0.717) is 0 Å². The minimum absolute atomic E-state index is 0.735. The summed E-state index contributed by atoms with van der Waals surface area (Å²) in [5.74, 6) is 6.11. The number of rotatable bonds is 4. The summed E-state index contributed by atoms with van der Waals surface area (Å²) in [6.45, 7) is 3.63. The van der Waals surface area contributed by atoms with Crippen LogP contribution in [0.1, 0.15) is 12.7 Å². The van der Waals surface area contributed by atoms with Crippen LogP contribution in [0.5, 0.6) is 0 Å². The number of hydrazine groups is 1. The minimum atomic E-state index is 0.735. The Balaban J connectivity index is 2.54. The molecule has 0 bridgehead atoms. The van der Waals surface area contributed by atoms with Gasteiger partial charge in [0, 0.05) is 19.5 Å². The van der Waals surface area contributed by atoms with Crippen molar-refractivity contribution in [1.29, 1.82) is 0 Å². The predicted molar refractivity (Wildman–Crippen MR) is 41.6 cm³/mol. The lowest BCUT2D eigenvalue weighted by atomic mass is 10.4. The van der Waals surface area contributed by atoms with Crippen LogP contribution in [0.2, 0.25) is 0 Å². The fourth-order valence-electron chi connectivity index (χ4n) is 0.930. The number of aromatic nitrogens is 3. The molecule has 0 atom stereocenters. The molecule has 1 aromatic rings. The maximum atomic E-state index is 5.13. The maximum Gasteiger partial charge on any atom is 0.138 e. The third-order valence-corrected chi connectivity index (χ3v) is 1.49. The monoisotopic (exact) mass is 155 g/mol. The van der Waals surface area contributed by atoms with Gasteiger partial charge in [0.25, 0.3) is 0 Å². The van der Waals surface area contributed by atoms with Crippen molar-refractivity contribution in [2.75, 3.05) is 6.54 Å². The quantitative estimate of drug-likeness (QED) is 0.446. The molecule has 0 unspecified atom stereocenters. The van der Waals surface area contributed by atoms with Crippen molar-refractivity contribution in [2.24, 2.45) is 5.84 Å². The van der Waals surface area contributed by atoms with Crippen LogP contribution in [0.3, 0.4) is 0 Å². The van der Waals surface area contributed by atoms with Crippen molar-refractivity contribution in [3.05, 3.63) is 12.2 Å². The molecule has 0 aliphatic rings. The largest absolute Gasteiger partial charge is 0.271 e. The van der Waals surface area contributed by atoms with Gasteiger partial charge in [-0.3, -0.25) is 16.0 Å². The van der Waals surface area contributed by atoms with Gasteiger partial charge in [0.05, 0.1) is 0 Å². The van der Waals surface area contributed by atoms with Crippen LogP contribution >= 0.6 is 0 Å². The van der Waals surface area contributed by atoms with Crippen LogP contribution in [0.25, 0.3) is 0 Å². The van der Waals surface area contributed by atoms with Crippen LogP contribution in [-0.2, 0) is 13.0 Å². The van der Waals surface area contributed by atoms with Crippen molar-refractivity contribution in [3.8, 4) is 0 Å². The molecule has 11 heavy (non-hydrogen) atoms. The van der Waals surface area contributed by atoms with E-state index in [9.17, 15) is 0 Å². The fraction of sp³-hybridized carbons (Fsp3) is 0.667. The number of aryl methyl sites for hydroxylation is 1. The first-order valence-corrected chi connectivity index (χ1v) is 3.68. The summed E-state index contributed by atoms with van der Waals surface area (Å²) < 4.78 is 1.86. The second kappa shape index (κ2) is 4.05. The lowest BCUT2D eigenvalue weighted by molar-refractivity contribution is 0.596. The average molecular weight is 155 g/mol. The molecule has 0 amide bonds. The predicted octanol–water partition coefficient (Wildman–Crippen LogP) is -0.696. The molecule has 0 saturated heterocycles. The summed E-state index contributed by atoms with van der Waals surface area (Å²) in [6, 6.07) is 0. The van der Waals surface area contributed by atoms with Gasteiger partial charge in [0.15, 0.2) is 0 Å². The van der Waals surface area contributed by atoms with Crippen molar-refractivity contribution >= 4 is 0 Å². The van der Waals surface area contributed by atoms with Gasteiger partial charge in [-0.05, 0) is 6.92 Å². The minimum Gasteiger partial charge on any atom is -0.271 e. The highest BCUT2D eigenvalue weighted by Gasteiger charge is 1.99. The lowest BCUT2D eigenvalue weighted by Crippen LogP contribution is -2.25. The van der Waals surface area contributed by atoms with Crippen LogP contribution in [0.4, 0.5) is 0 Å². The second-order valence-corrected chi connectivity index (χ2v) is 2.20. The molecule has 0 saturated carbocycles.